The average Bonchev–Trinajstić information content (AvgIpc) is 2.61. The third-order valence-electron chi connectivity index (χ3n) is 2.61. The van der Waals surface area contributed by atoms with Crippen LogP contribution >= 0.6 is 0 Å². The summed E-state index contributed by atoms with van der Waals surface area (Å²) in [6, 6.07) is 3.35. The number of nitrogens with two attached hydrogens (primary N) is 1. The number of nitrogens with zero attached hydrogens (tertiary/aromatic N) is 1. The lowest BCUT2D eigenvalue weighted by Gasteiger charge is -2.21. The number of amides is 1. The van der Waals surface area contributed by atoms with Crippen molar-refractivity contribution in [2.75, 3.05) is 7.05 Å². The molecular weight excluding hydrogens is 216 g/mol. The van der Waals surface area contributed by atoms with Crippen LogP contribution in [0.4, 0.5) is 0 Å². The van der Waals surface area contributed by atoms with Gasteiger partial charge >= 0.3 is 0 Å². The zero-order valence-corrected chi connectivity index (χ0v) is 11.1. The molecule has 0 spiro atoms. The monoisotopic (exact) mass is 238 g/mol. The highest BCUT2D eigenvalue weighted by atomic mass is 16.3. The van der Waals surface area contributed by atoms with Crippen molar-refractivity contribution in [3.8, 4) is 0 Å². The van der Waals surface area contributed by atoms with Crippen LogP contribution in [-0.2, 0) is 11.3 Å². The molecule has 1 aromatic heterocycles. The van der Waals surface area contributed by atoms with Crippen LogP contribution in [0, 0.1) is 12.8 Å². The molecule has 0 saturated carbocycles. The maximum Gasteiger partial charge on any atom is 0.239 e. The molecule has 0 aliphatic rings. The summed E-state index contributed by atoms with van der Waals surface area (Å²) >= 11 is 0. The topological polar surface area (TPSA) is 59.5 Å². The molecule has 0 aliphatic heterocycles. The number of carbonyl (C=O) groups excluding carboxylic acids is 1. The first kappa shape index (κ1) is 13.8. The molecule has 0 fully saturated rings. The predicted octanol–water partition coefficient (Wildman–Crippen LogP) is 1.92. The molecule has 1 amide bonds. The van der Waals surface area contributed by atoms with Crippen LogP contribution in [0.5, 0.6) is 0 Å². The molecule has 4 nitrogen and oxygen atoms in total. The first-order valence-corrected chi connectivity index (χ1v) is 5.96. The second-order valence-corrected chi connectivity index (χ2v) is 4.94. The Labute approximate surface area is 103 Å². The Morgan fingerprint density at radius 1 is 1.47 bits per heavy atom. The summed E-state index contributed by atoms with van der Waals surface area (Å²) < 4.78 is 5.43. The molecule has 1 heterocycles. The van der Waals surface area contributed by atoms with Crippen LogP contribution < -0.4 is 5.73 Å². The molecule has 17 heavy (non-hydrogen) atoms. The van der Waals surface area contributed by atoms with E-state index >= 15 is 0 Å². The van der Waals surface area contributed by atoms with Gasteiger partial charge in [0.05, 0.1) is 12.6 Å². The molecule has 0 aromatic carbocycles. The van der Waals surface area contributed by atoms with E-state index in [4.69, 9.17) is 10.2 Å². The van der Waals surface area contributed by atoms with E-state index in [9.17, 15) is 4.79 Å². The van der Waals surface area contributed by atoms with E-state index in [2.05, 4.69) is 13.8 Å². The Balaban J connectivity index is 2.52. The van der Waals surface area contributed by atoms with Gasteiger partial charge in [-0.1, -0.05) is 13.8 Å². The Hall–Kier alpha value is -1.29. The Bertz CT molecular complexity index is 371. The Kier molecular flexibility index (Phi) is 4.75. The molecule has 0 saturated heterocycles. The number of aryl methyl sites for hydroxylation is 1. The van der Waals surface area contributed by atoms with Gasteiger partial charge in [-0.05, 0) is 31.4 Å². The third kappa shape index (κ3) is 4.23. The summed E-state index contributed by atoms with van der Waals surface area (Å²) in [5.74, 6) is 2.03. The zero-order valence-electron chi connectivity index (χ0n) is 11.1. The molecule has 1 rings (SSSR count). The molecule has 0 bridgehead atoms. The van der Waals surface area contributed by atoms with Crippen LogP contribution in [0.1, 0.15) is 31.8 Å². The standard InChI is InChI=1S/C13H22N2O2/c1-9(2)7-12(14)13(16)15(4)8-11-6-5-10(3)17-11/h5-6,9,12H,7-8,14H2,1-4H3/t12-/m0/s1. The lowest BCUT2D eigenvalue weighted by atomic mass is 10.0. The number of hydrogen-bond donors (Lipinski definition) is 1. The number of furan rings is 1. The van der Waals surface area contributed by atoms with Gasteiger partial charge in [-0.25, -0.2) is 0 Å². The minimum absolute atomic E-state index is 0.0345. The Morgan fingerprint density at radius 3 is 2.59 bits per heavy atom. The first-order chi connectivity index (χ1) is 7.90. The number of likely N-dealkylation sites (N-methyl/N-ethyl adjacent to an activating group) is 1. The van der Waals surface area contributed by atoms with Crippen molar-refractivity contribution >= 4 is 5.91 Å². The predicted molar refractivity (Wildman–Crippen MR) is 67.3 cm³/mol. The van der Waals surface area contributed by atoms with E-state index in [1.54, 1.807) is 11.9 Å². The fourth-order valence-electron chi connectivity index (χ4n) is 1.77. The van der Waals surface area contributed by atoms with E-state index in [0.29, 0.717) is 18.9 Å². The van der Waals surface area contributed by atoms with Gasteiger partial charge in [-0.2, -0.15) is 0 Å². The fraction of sp³-hybridized carbons (Fsp3) is 0.615. The van der Waals surface area contributed by atoms with Crippen LogP contribution in [0.3, 0.4) is 0 Å². The highest BCUT2D eigenvalue weighted by molar-refractivity contribution is 5.81. The number of rotatable bonds is 5. The summed E-state index contributed by atoms with van der Waals surface area (Å²) in [6.45, 7) is 6.47. The quantitative estimate of drug-likeness (QED) is 0.852. The van der Waals surface area contributed by atoms with E-state index in [0.717, 1.165) is 11.5 Å². The molecule has 1 aromatic rings. The minimum atomic E-state index is -0.420. The average molecular weight is 238 g/mol. The second-order valence-electron chi connectivity index (χ2n) is 4.94. The van der Waals surface area contributed by atoms with Crippen molar-refractivity contribution < 1.29 is 9.21 Å². The van der Waals surface area contributed by atoms with Crippen LogP contribution in [0.25, 0.3) is 0 Å². The van der Waals surface area contributed by atoms with Gasteiger partial charge in [0, 0.05) is 7.05 Å². The normalized spacial score (nSPS) is 12.8. The maximum absolute atomic E-state index is 11.9. The van der Waals surface area contributed by atoms with Crippen molar-refractivity contribution in [3.63, 3.8) is 0 Å². The van der Waals surface area contributed by atoms with Crippen molar-refractivity contribution in [1.29, 1.82) is 0 Å². The molecular formula is C13H22N2O2. The van der Waals surface area contributed by atoms with Crippen molar-refractivity contribution in [2.24, 2.45) is 11.7 Å². The molecule has 0 radical (unpaired) electrons. The summed E-state index contributed by atoms with van der Waals surface area (Å²) in [7, 11) is 1.75. The summed E-state index contributed by atoms with van der Waals surface area (Å²) in [6.07, 6.45) is 0.709. The number of hydrogen-bond acceptors (Lipinski definition) is 3. The highest BCUT2D eigenvalue weighted by Gasteiger charge is 2.19. The maximum atomic E-state index is 11.9. The lowest BCUT2D eigenvalue weighted by Crippen LogP contribution is -2.42. The van der Waals surface area contributed by atoms with Gasteiger partial charge < -0.3 is 15.1 Å². The molecule has 0 aliphatic carbocycles. The molecule has 0 unspecified atom stereocenters. The van der Waals surface area contributed by atoms with Gasteiger partial charge in [0.25, 0.3) is 0 Å². The van der Waals surface area contributed by atoms with Crippen LogP contribution in [0.2, 0.25) is 0 Å². The summed E-state index contributed by atoms with van der Waals surface area (Å²) in [5, 5.41) is 0. The van der Waals surface area contributed by atoms with Crippen molar-refractivity contribution in [2.45, 2.75) is 39.8 Å². The molecule has 2 N–H and O–H groups in total. The third-order valence-corrected chi connectivity index (χ3v) is 2.61. The second kappa shape index (κ2) is 5.87. The largest absolute Gasteiger partial charge is 0.464 e. The molecule has 4 heteroatoms. The van der Waals surface area contributed by atoms with E-state index in [1.165, 1.54) is 0 Å². The van der Waals surface area contributed by atoms with E-state index in [1.807, 2.05) is 19.1 Å². The SMILES string of the molecule is Cc1ccc(CN(C)C(=O)[C@@H](N)CC(C)C)o1. The van der Waals surface area contributed by atoms with Crippen LogP contribution in [0.15, 0.2) is 16.5 Å². The highest BCUT2D eigenvalue weighted by Crippen LogP contribution is 2.11. The van der Waals surface area contributed by atoms with Gasteiger partial charge in [0.15, 0.2) is 0 Å². The van der Waals surface area contributed by atoms with Gasteiger partial charge in [0.1, 0.15) is 11.5 Å². The molecule has 1 atom stereocenters. The van der Waals surface area contributed by atoms with Gasteiger partial charge in [-0.3, -0.25) is 4.79 Å². The lowest BCUT2D eigenvalue weighted by molar-refractivity contribution is -0.132. The van der Waals surface area contributed by atoms with Gasteiger partial charge in [0.2, 0.25) is 5.91 Å². The zero-order chi connectivity index (χ0) is 13.0. The van der Waals surface area contributed by atoms with E-state index < -0.39 is 6.04 Å². The van der Waals surface area contributed by atoms with Crippen molar-refractivity contribution in [1.82, 2.24) is 4.90 Å². The van der Waals surface area contributed by atoms with Crippen molar-refractivity contribution in [3.05, 3.63) is 23.7 Å². The summed E-state index contributed by atoms with van der Waals surface area (Å²) in [5.41, 5.74) is 5.86. The van der Waals surface area contributed by atoms with Crippen LogP contribution in [-0.4, -0.2) is 23.9 Å². The smallest absolute Gasteiger partial charge is 0.239 e. The number of carbonyl (C=O) groups is 1. The fourth-order valence-corrected chi connectivity index (χ4v) is 1.77. The Morgan fingerprint density at radius 2 is 2.12 bits per heavy atom. The first-order valence-electron chi connectivity index (χ1n) is 5.96. The van der Waals surface area contributed by atoms with E-state index in [-0.39, 0.29) is 5.91 Å². The van der Waals surface area contributed by atoms with Gasteiger partial charge in [-0.15, -0.1) is 0 Å². The minimum Gasteiger partial charge on any atom is -0.464 e. The molecule has 96 valence electrons. The summed E-state index contributed by atoms with van der Waals surface area (Å²) in [4.78, 5) is 13.6.